The fourth-order valence-electron chi connectivity index (χ4n) is 3.43. The lowest BCUT2D eigenvalue weighted by Gasteiger charge is -2.30. The van der Waals surface area contributed by atoms with Gasteiger partial charge in [0.2, 0.25) is 0 Å². The molecule has 0 radical (unpaired) electrons. The Labute approximate surface area is 180 Å². The number of nitrogens with zero attached hydrogens (tertiary/aromatic N) is 1. The number of anilines is 1. The number of hydrogen-bond acceptors (Lipinski definition) is 3. The van der Waals surface area contributed by atoms with Gasteiger partial charge in [-0.05, 0) is 72.0 Å². The van der Waals surface area contributed by atoms with Crippen LogP contribution in [0.2, 0.25) is 0 Å². The summed E-state index contributed by atoms with van der Waals surface area (Å²) in [7, 11) is 0. The summed E-state index contributed by atoms with van der Waals surface area (Å²) in [5.41, 5.74) is 0.737. The maximum absolute atomic E-state index is 14.8. The van der Waals surface area contributed by atoms with Crippen LogP contribution >= 0.6 is 11.9 Å². The molecular formula is C23H18F5NOS. The molecule has 8 heteroatoms. The summed E-state index contributed by atoms with van der Waals surface area (Å²) in [5.74, 6) is -0.489. The summed E-state index contributed by atoms with van der Waals surface area (Å²) >= 11 is 1.14. The first-order chi connectivity index (χ1) is 14.8. The molecule has 0 N–H and O–H groups in total. The van der Waals surface area contributed by atoms with E-state index in [1.807, 2.05) is 0 Å². The Morgan fingerprint density at radius 1 is 1.03 bits per heavy atom. The summed E-state index contributed by atoms with van der Waals surface area (Å²) in [6, 6.07) is 12.4. The van der Waals surface area contributed by atoms with Gasteiger partial charge < -0.3 is 9.04 Å². The van der Waals surface area contributed by atoms with E-state index in [2.05, 4.69) is 0 Å². The van der Waals surface area contributed by atoms with E-state index in [1.54, 1.807) is 35.5 Å². The lowest BCUT2D eigenvalue weighted by molar-refractivity contribution is -0.137. The summed E-state index contributed by atoms with van der Waals surface area (Å²) in [4.78, 5) is 0.415. The third kappa shape index (κ3) is 4.49. The van der Waals surface area contributed by atoms with E-state index in [-0.39, 0.29) is 11.1 Å². The van der Waals surface area contributed by atoms with Crippen molar-refractivity contribution < 1.29 is 26.7 Å². The average molecular weight is 451 g/mol. The maximum atomic E-state index is 14.8. The molecule has 0 aromatic heterocycles. The van der Waals surface area contributed by atoms with Crippen LogP contribution in [0.4, 0.5) is 27.6 Å². The number of fused-ring (bicyclic) bond motifs is 1. The molecule has 3 aromatic carbocycles. The van der Waals surface area contributed by atoms with E-state index in [1.165, 1.54) is 12.1 Å². The van der Waals surface area contributed by atoms with Crippen LogP contribution in [0.15, 0.2) is 59.5 Å². The number of aryl methyl sites for hydroxylation is 1. The molecule has 1 aliphatic heterocycles. The highest BCUT2D eigenvalue weighted by Crippen LogP contribution is 2.42. The van der Waals surface area contributed by atoms with Gasteiger partial charge in [-0.1, -0.05) is 19.1 Å². The monoisotopic (exact) mass is 451 g/mol. The van der Waals surface area contributed by atoms with Gasteiger partial charge in [-0.3, -0.25) is 0 Å². The van der Waals surface area contributed by atoms with Crippen LogP contribution in [0.1, 0.15) is 18.1 Å². The molecule has 0 bridgehead atoms. The third-order valence-corrected chi connectivity index (χ3v) is 6.03. The largest absolute Gasteiger partial charge is 0.489 e. The first kappa shape index (κ1) is 21.5. The van der Waals surface area contributed by atoms with E-state index in [0.717, 1.165) is 30.1 Å². The third-order valence-electron chi connectivity index (χ3n) is 4.96. The zero-order chi connectivity index (χ0) is 22.2. The molecule has 0 aliphatic carbocycles. The van der Waals surface area contributed by atoms with Crippen molar-refractivity contribution >= 4 is 17.6 Å². The molecule has 2 nitrogen and oxygen atoms in total. The number of ether oxygens (including phenoxy) is 1. The number of hydrogen-bond donors (Lipinski definition) is 0. The summed E-state index contributed by atoms with van der Waals surface area (Å²) < 4.78 is 75.5. The zero-order valence-corrected chi connectivity index (χ0v) is 17.3. The molecule has 0 saturated carbocycles. The van der Waals surface area contributed by atoms with Crippen LogP contribution in [-0.4, -0.2) is 13.2 Å². The Balaban J connectivity index is 1.70. The van der Waals surface area contributed by atoms with Crippen molar-refractivity contribution in [2.24, 2.45) is 0 Å². The minimum absolute atomic E-state index is 0.134. The Bertz CT molecular complexity index is 1120. The van der Waals surface area contributed by atoms with Gasteiger partial charge >= 0.3 is 6.18 Å². The SMILES string of the molecule is CCc1cc(F)cc(-c2ccc3c(c2)N(Sc2cccc(C(F)(F)F)c2)CCO3)c1F. The van der Waals surface area contributed by atoms with Gasteiger partial charge in [0.05, 0.1) is 17.8 Å². The van der Waals surface area contributed by atoms with Gasteiger partial charge in [0, 0.05) is 10.5 Å². The quantitative estimate of drug-likeness (QED) is 0.310. The zero-order valence-electron chi connectivity index (χ0n) is 16.5. The van der Waals surface area contributed by atoms with Gasteiger partial charge in [-0.15, -0.1) is 0 Å². The van der Waals surface area contributed by atoms with E-state index < -0.39 is 23.4 Å². The average Bonchev–Trinajstić information content (AvgIpc) is 2.74. The van der Waals surface area contributed by atoms with Gasteiger partial charge in [0.1, 0.15) is 24.0 Å². The molecule has 162 valence electrons. The molecule has 0 unspecified atom stereocenters. The van der Waals surface area contributed by atoms with Gasteiger partial charge in [0.15, 0.2) is 0 Å². The van der Waals surface area contributed by atoms with Crippen molar-refractivity contribution in [1.29, 1.82) is 0 Å². The smallest absolute Gasteiger partial charge is 0.416 e. The highest BCUT2D eigenvalue weighted by atomic mass is 32.2. The molecule has 31 heavy (non-hydrogen) atoms. The van der Waals surface area contributed by atoms with Crippen molar-refractivity contribution in [2.75, 3.05) is 17.5 Å². The Morgan fingerprint density at radius 2 is 1.84 bits per heavy atom. The van der Waals surface area contributed by atoms with Gasteiger partial charge in [0.25, 0.3) is 0 Å². The first-order valence-electron chi connectivity index (χ1n) is 9.64. The molecule has 0 spiro atoms. The van der Waals surface area contributed by atoms with Crippen molar-refractivity contribution in [3.05, 3.63) is 77.4 Å². The van der Waals surface area contributed by atoms with Crippen LogP contribution in [0.3, 0.4) is 0 Å². The molecular weight excluding hydrogens is 433 g/mol. The van der Waals surface area contributed by atoms with E-state index in [0.29, 0.717) is 41.5 Å². The normalized spacial score (nSPS) is 13.7. The first-order valence-corrected chi connectivity index (χ1v) is 10.4. The summed E-state index contributed by atoms with van der Waals surface area (Å²) in [6.45, 7) is 2.52. The number of halogens is 5. The lowest BCUT2D eigenvalue weighted by atomic mass is 9.99. The second-order valence-electron chi connectivity index (χ2n) is 7.03. The topological polar surface area (TPSA) is 12.5 Å². The van der Waals surface area contributed by atoms with Crippen molar-refractivity contribution in [2.45, 2.75) is 24.4 Å². The summed E-state index contributed by atoms with van der Waals surface area (Å²) in [6.07, 6.45) is -4.08. The molecule has 1 aliphatic rings. The minimum Gasteiger partial charge on any atom is -0.489 e. The number of rotatable bonds is 4. The van der Waals surface area contributed by atoms with Crippen LogP contribution in [-0.2, 0) is 12.6 Å². The Morgan fingerprint density at radius 3 is 2.58 bits per heavy atom. The molecule has 0 atom stereocenters. The predicted octanol–water partition coefficient (Wildman–Crippen LogP) is 7.12. The van der Waals surface area contributed by atoms with E-state index >= 15 is 0 Å². The van der Waals surface area contributed by atoms with Crippen LogP contribution in [0.25, 0.3) is 11.1 Å². The standard InChI is InChI=1S/C23H18F5NOS/c1-2-14-10-17(24)13-19(22(14)25)15-6-7-21-20(11-15)29(8-9-30-21)31-18-5-3-4-16(12-18)23(26,27)28/h3-7,10-13H,2,8-9H2,1H3. The molecule has 0 saturated heterocycles. The van der Waals surface area contributed by atoms with Crippen molar-refractivity contribution in [3.8, 4) is 16.9 Å². The molecule has 1 heterocycles. The molecule has 0 fully saturated rings. The van der Waals surface area contributed by atoms with Crippen LogP contribution in [0.5, 0.6) is 5.75 Å². The maximum Gasteiger partial charge on any atom is 0.416 e. The fourth-order valence-corrected chi connectivity index (χ4v) is 4.41. The molecule has 3 aromatic rings. The van der Waals surface area contributed by atoms with Crippen molar-refractivity contribution in [3.63, 3.8) is 0 Å². The number of benzene rings is 3. The van der Waals surface area contributed by atoms with Crippen LogP contribution in [0, 0.1) is 11.6 Å². The second kappa shape index (κ2) is 8.42. The summed E-state index contributed by atoms with van der Waals surface area (Å²) in [5, 5.41) is 0. The Hall–Kier alpha value is -2.74. The fraction of sp³-hybridized carbons (Fsp3) is 0.217. The minimum atomic E-state index is -4.43. The molecule has 0 amide bonds. The lowest BCUT2D eigenvalue weighted by Crippen LogP contribution is -2.26. The van der Waals surface area contributed by atoms with Crippen LogP contribution < -0.4 is 9.04 Å². The van der Waals surface area contributed by atoms with E-state index in [4.69, 9.17) is 4.74 Å². The van der Waals surface area contributed by atoms with Gasteiger partial charge in [-0.25, -0.2) is 8.78 Å². The second-order valence-corrected chi connectivity index (χ2v) is 8.12. The number of alkyl halides is 3. The predicted molar refractivity (Wildman–Crippen MR) is 111 cm³/mol. The Kier molecular flexibility index (Phi) is 5.83. The van der Waals surface area contributed by atoms with Crippen molar-refractivity contribution in [1.82, 2.24) is 0 Å². The highest BCUT2D eigenvalue weighted by molar-refractivity contribution is 8.00. The molecule has 4 rings (SSSR count). The van der Waals surface area contributed by atoms with Gasteiger partial charge in [-0.2, -0.15) is 13.2 Å². The van der Waals surface area contributed by atoms with E-state index in [9.17, 15) is 22.0 Å². The highest BCUT2D eigenvalue weighted by Gasteiger charge is 2.31.